The molecule has 5 rings (SSSR count). The summed E-state index contributed by atoms with van der Waals surface area (Å²) in [7, 11) is -1.72. The van der Waals surface area contributed by atoms with Crippen LogP contribution in [-0.2, 0) is 10.0 Å². The molecule has 4 heteroatoms. The van der Waals surface area contributed by atoms with Crippen LogP contribution >= 0.6 is 0 Å². The van der Waals surface area contributed by atoms with E-state index in [9.17, 15) is 5.11 Å². The Hall–Kier alpha value is -0.713. The van der Waals surface area contributed by atoms with Gasteiger partial charge in [-0.15, -0.1) is 0 Å². The van der Waals surface area contributed by atoms with Gasteiger partial charge in [0.05, 0.1) is 5.69 Å². The molecule has 4 aliphatic rings. The lowest BCUT2D eigenvalue weighted by molar-refractivity contribution is -0.144. The molecule has 1 N–H and O–H groups in total. The summed E-state index contributed by atoms with van der Waals surface area (Å²) in [5.41, 5.74) is 0.695. The maximum absolute atomic E-state index is 11.8. The van der Waals surface area contributed by atoms with Crippen molar-refractivity contribution in [2.75, 3.05) is 0 Å². The topological polar surface area (TPSA) is 42.4 Å². The van der Waals surface area contributed by atoms with Crippen molar-refractivity contribution in [1.82, 2.24) is 4.98 Å². The van der Waals surface area contributed by atoms with Crippen molar-refractivity contribution in [3.8, 4) is 0 Å². The summed E-state index contributed by atoms with van der Waals surface area (Å²) in [6.07, 6.45) is 14.0. The Labute approximate surface area is 222 Å². The quantitative estimate of drug-likeness (QED) is 0.413. The number of fused-ring (bicyclic) bond motifs is 5. The van der Waals surface area contributed by atoms with E-state index in [1.807, 2.05) is 31.3 Å². The van der Waals surface area contributed by atoms with Gasteiger partial charge >= 0.3 is 0 Å². The van der Waals surface area contributed by atoms with Crippen LogP contribution in [-0.4, -0.2) is 24.5 Å². The standard InChI is InChI=1S/C32H53NO2Si/c1-29(2,3)36(7,8)35-23-16-18-30(4)22(21-23)12-13-24-25-14-15-27(31(25,5)19-17-26(24)30)32(6,34)28-11-9-10-20-33-28/h9-11,20,22-27,34H,12-19,21H2,1-8H3/t22?,23-,24-,25-,26-,27-,30-,31-,32?/m0/s1. The molecule has 0 aliphatic heterocycles. The van der Waals surface area contributed by atoms with Crippen LogP contribution in [0.3, 0.4) is 0 Å². The van der Waals surface area contributed by atoms with Crippen LogP contribution in [0.5, 0.6) is 0 Å². The van der Waals surface area contributed by atoms with Gasteiger partial charge in [-0.3, -0.25) is 4.98 Å². The van der Waals surface area contributed by atoms with Crippen molar-refractivity contribution in [2.24, 2.45) is 40.4 Å². The molecule has 9 atom stereocenters. The fourth-order valence-electron chi connectivity index (χ4n) is 9.68. The summed E-state index contributed by atoms with van der Waals surface area (Å²) < 4.78 is 6.96. The van der Waals surface area contributed by atoms with Crippen LogP contribution in [0.15, 0.2) is 24.4 Å². The second-order valence-electron chi connectivity index (χ2n) is 15.5. The fraction of sp³-hybridized carbons (Fsp3) is 0.844. The van der Waals surface area contributed by atoms with Gasteiger partial charge in [0.25, 0.3) is 0 Å². The molecule has 36 heavy (non-hydrogen) atoms. The van der Waals surface area contributed by atoms with Crippen molar-refractivity contribution < 1.29 is 9.53 Å². The van der Waals surface area contributed by atoms with Crippen LogP contribution in [0.4, 0.5) is 0 Å². The van der Waals surface area contributed by atoms with Gasteiger partial charge in [0, 0.05) is 12.3 Å². The molecule has 1 aromatic rings. The Morgan fingerprint density at radius 2 is 1.61 bits per heavy atom. The number of aromatic nitrogens is 1. The highest BCUT2D eigenvalue weighted by Crippen LogP contribution is 2.69. The maximum Gasteiger partial charge on any atom is 0.192 e. The van der Waals surface area contributed by atoms with Gasteiger partial charge in [0.1, 0.15) is 5.60 Å². The molecule has 0 bridgehead atoms. The molecule has 1 heterocycles. The molecule has 4 fully saturated rings. The van der Waals surface area contributed by atoms with Gasteiger partial charge in [-0.2, -0.15) is 0 Å². The van der Waals surface area contributed by atoms with Crippen molar-refractivity contribution in [2.45, 2.75) is 129 Å². The highest BCUT2D eigenvalue weighted by molar-refractivity contribution is 6.74. The molecule has 4 aliphatic carbocycles. The normalized spacial score (nSPS) is 42.7. The molecular formula is C32H53NO2Si. The number of hydrogen-bond donors (Lipinski definition) is 1. The van der Waals surface area contributed by atoms with Crippen molar-refractivity contribution in [3.05, 3.63) is 30.1 Å². The first-order valence-corrected chi connectivity index (χ1v) is 17.9. The molecule has 1 aromatic heterocycles. The Bertz CT molecular complexity index is 939. The minimum absolute atomic E-state index is 0.216. The largest absolute Gasteiger partial charge is 0.414 e. The lowest BCUT2D eigenvalue weighted by Gasteiger charge is -2.62. The average Bonchev–Trinajstić information content (AvgIpc) is 3.17. The molecule has 0 radical (unpaired) electrons. The number of rotatable bonds is 4. The molecule has 202 valence electrons. The van der Waals surface area contributed by atoms with Gasteiger partial charge in [-0.1, -0.05) is 40.7 Å². The predicted molar refractivity (Wildman–Crippen MR) is 151 cm³/mol. The molecule has 0 amide bonds. The van der Waals surface area contributed by atoms with Crippen molar-refractivity contribution in [1.29, 1.82) is 0 Å². The number of aliphatic hydroxyl groups is 1. The molecule has 3 nitrogen and oxygen atoms in total. The molecule has 0 saturated heterocycles. The minimum atomic E-state index is -1.72. The summed E-state index contributed by atoms with van der Waals surface area (Å²) >= 11 is 0. The van der Waals surface area contributed by atoms with Crippen molar-refractivity contribution in [3.63, 3.8) is 0 Å². The fourth-order valence-corrected chi connectivity index (χ4v) is 11.1. The van der Waals surface area contributed by atoms with E-state index < -0.39 is 13.9 Å². The SMILES string of the molecule is CC(O)(c1ccccn1)[C@H]1CC[C@H]2[C@@H]3CCC4C[C@@H](O[Si](C)(C)C(C)(C)C)CC[C@]4(C)[C@H]3CC[C@]12C. The number of pyridine rings is 1. The van der Waals surface area contributed by atoms with Gasteiger partial charge in [-0.05, 0) is 135 Å². The summed E-state index contributed by atoms with van der Waals surface area (Å²) in [5, 5.41) is 12.1. The van der Waals surface area contributed by atoms with Gasteiger partial charge in [0.15, 0.2) is 8.32 Å². The second-order valence-corrected chi connectivity index (χ2v) is 20.2. The molecule has 2 unspecified atom stereocenters. The smallest absolute Gasteiger partial charge is 0.192 e. The van der Waals surface area contributed by atoms with Crippen LogP contribution in [0.2, 0.25) is 18.1 Å². The Kier molecular flexibility index (Phi) is 6.65. The third-order valence-electron chi connectivity index (χ3n) is 12.7. The highest BCUT2D eigenvalue weighted by Gasteiger charge is 2.63. The van der Waals surface area contributed by atoms with E-state index in [2.05, 4.69) is 52.7 Å². The van der Waals surface area contributed by atoms with Gasteiger partial charge in [0.2, 0.25) is 0 Å². The third-order valence-corrected chi connectivity index (χ3v) is 17.3. The summed E-state index contributed by atoms with van der Waals surface area (Å²) in [6, 6.07) is 6.00. The third kappa shape index (κ3) is 4.16. The zero-order valence-electron chi connectivity index (χ0n) is 24.4. The Morgan fingerprint density at radius 3 is 2.28 bits per heavy atom. The zero-order chi connectivity index (χ0) is 26.1. The van der Waals surface area contributed by atoms with E-state index in [0.29, 0.717) is 17.4 Å². The molecule has 0 aromatic carbocycles. The van der Waals surface area contributed by atoms with E-state index in [0.717, 1.165) is 35.8 Å². The molecular weight excluding hydrogens is 458 g/mol. The van der Waals surface area contributed by atoms with Crippen molar-refractivity contribution >= 4 is 8.32 Å². The van der Waals surface area contributed by atoms with E-state index in [1.165, 1.54) is 51.4 Å². The van der Waals surface area contributed by atoms with Crippen LogP contribution < -0.4 is 0 Å². The average molecular weight is 512 g/mol. The zero-order valence-corrected chi connectivity index (χ0v) is 25.4. The van der Waals surface area contributed by atoms with Crippen LogP contribution in [0, 0.1) is 40.4 Å². The lowest BCUT2D eigenvalue weighted by Crippen LogP contribution is -2.56. The van der Waals surface area contributed by atoms with E-state index in [4.69, 9.17) is 4.43 Å². The Morgan fingerprint density at radius 1 is 0.917 bits per heavy atom. The first-order valence-electron chi connectivity index (χ1n) is 15.0. The monoisotopic (exact) mass is 511 g/mol. The molecule has 4 saturated carbocycles. The predicted octanol–water partition coefficient (Wildman–Crippen LogP) is 8.34. The van der Waals surface area contributed by atoms with Crippen LogP contribution in [0.1, 0.15) is 105 Å². The number of nitrogens with zero attached hydrogens (tertiary/aromatic N) is 1. The van der Waals surface area contributed by atoms with E-state index in [-0.39, 0.29) is 10.5 Å². The molecule has 0 spiro atoms. The Balaban J connectivity index is 1.32. The summed E-state index contributed by atoms with van der Waals surface area (Å²) in [6.45, 7) is 19.2. The van der Waals surface area contributed by atoms with Gasteiger partial charge < -0.3 is 9.53 Å². The number of hydrogen-bond acceptors (Lipinski definition) is 3. The summed E-state index contributed by atoms with van der Waals surface area (Å²) in [4.78, 5) is 4.60. The van der Waals surface area contributed by atoms with Gasteiger partial charge in [-0.25, -0.2) is 0 Å². The summed E-state index contributed by atoms with van der Waals surface area (Å²) in [5.74, 6) is 3.54. The maximum atomic E-state index is 11.8. The second kappa shape index (κ2) is 8.91. The minimum Gasteiger partial charge on any atom is -0.414 e. The first-order chi connectivity index (χ1) is 16.7. The first kappa shape index (κ1) is 26.9. The highest BCUT2D eigenvalue weighted by atomic mass is 28.4. The van der Waals surface area contributed by atoms with Crippen LogP contribution in [0.25, 0.3) is 0 Å². The lowest BCUT2D eigenvalue weighted by atomic mass is 9.44. The van der Waals surface area contributed by atoms with E-state index in [1.54, 1.807) is 0 Å². The van der Waals surface area contributed by atoms with E-state index >= 15 is 0 Å².